The van der Waals surface area contributed by atoms with Gasteiger partial charge in [0, 0.05) is 12.6 Å². The lowest BCUT2D eigenvalue weighted by Crippen LogP contribution is -2.38. The van der Waals surface area contributed by atoms with Gasteiger partial charge in [0.1, 0.15) is 11.5 Å². The van der Waals surface area contributed by atoms with Crippen molar-refractivity contribution in [3.05, 3.63) is 32.5 Å². The minimum atomic E-state index is -0.631. The third-order valence-corrected chi connectivity index (χ3v) is 3.50. The minimum Gasteiger partial charge on any atom is -0.375 e. The van der Waals surface area contributed by atoms with Crippen molar-refractivity contribution in [2.24, 2.45) is 0 Å². The molecule has 0 spiro atoms. The van der Waals surface area contributed by atoms with E-state index in [0.29, 0.717) is 5.69 Å². The third kappa shape index (κ3) is 2.97. The molecule has 2 rings (SSSR count). The van der Waals surface area contributed by atoms with Crippen molar-refractivity contribution in [3.63, 3.8) is 0 Å². The van der Waals surface area contributed by atoms with Gasteiger partial charge in [-0.2, -0.15) is 0 Å². The molecule has 0 saturated carbocycles. The molecule has 1 aromatic rings. The Hall–Kier alpha value is -1.21. The maximum atomic E-state index is 13.3. The second-order valence-electron chi connectivity index (χ2n) is 4.23. The first kappa shape index (κ1) is 13.2. The molecule has 1 heterocycles. The largest absolute Gasteiger partial charge is 0.375 e. The van der Waals surface area contributed by atoms with E-state index >= 15 is 0 Å². The van der Waals surface area contributed by atoms with E-state index in [1.165, 1.54) is 6.07 Å². The Morgan fingerprint density at radius 2 is 2.33 bits per heavy atom. The second kappa shape index (κ2) is 5.62. The maximum Gasteiger partial charge on any atom is 0.295 e. The van der Waals surface area contributed by atoms with Crippen LogP contribution in [0.15, 0.2) is 16.6 Å². The summed E-state index contributed by atoms with van der Waals surface area (Å²) in [5, 5.41) is 17.2. The predicted molar refractivity (Wildman–Crippen MR) is 70.3 cm³/mol. The van der Waals surface area contributed by atoms with Crippen molar-refractivity contribution in [2.45, 2.75) is 18.9 Å². The summed E-state index contributed by atoms with van der Waals surface area (Å²) in [5.41, 5.74) is 0.114. The average Bonchev–Trinajstić information content (AvgIpc) is 2.34. The molecular weight excluding hydrogens is 305 g/mol. The molecule has 0 aromatic heterocycles. The van der Waals surface area contributed by atoms with Crippen LogP contribution >= 0.6 is 15.9 Å². The molecule has 1 aromatic carbocycles. The van der Waals surface area contributed by atoms with Crippen molar-refractivity contribution in [2.75, 3.05) is 18.4 Å². The number of anilines is 1. The Morgan fingerprint density at radius 3 is 2.94 bits per heavy atom. The Morgan fingerprint density at radius 1 is 1.56 bits per heavy atom. The monoisotopic (exact) mass is 317 g/mol. The molecular formula is C11H13BrFN3O2. The summed E-state index contributed by atoms with van der Waals surface area (Å²) in [6.45, 7) is 1.72. The lowest BCUT2D eigenvalue weighted by molar-refractivity contribution is -0.384. The van der Waals surface area contributed by atoms with Crippen LogP contribution < -0.4 is 10.6 Å². The minimum absolute atomic E-state index is 0.134. The zero-order valence-corrected chi connectivity index (χ0v) is 11.2. The van der Waals surface area contributed by atoms with Gasteiger partial charge in [-0.25, -0.2) is 4.39 Å². The molecule has 1 fully saturated rings. The normalized spacial score (nSPS) is 19.6. The standard InChI is InChI=1S/C11H13BrFN3O2/c12-8-4-10(11(16(17)18)5-9(8)13)15-7-2-1-3-14-6-7/h4-5,7,14-15H,1-3,6H2. The van der Waals surface area contributed by atoms with Crippen molar-refractivity contribution in [3.8, 4) is 0 Å². The van der Waals surface area contributed by atoms with Crippen molar-refractivity contribution >= 4 is 27.3 Å². The lowest BCUT2D eigenvalue weighted by Gasteiger charge is -2.24. The number of hydrogen-bond donors (Lipinski definition) is 2. The Balaban J connectivity index is 2.24. The third-order valence-electron chi connectivity index (χ3n) is 2.89. The fourth-order valence-corrected chi connectivity index (χ4v) is 2.34. The number of nitro groups is 1. The van der Waals surface area contributed by atoms with E-state index in [1.807, 2.05) is 0 Å². The lowest BCUT2D eigenvalue weighted by atomic mass is 10.1. The first-order valence-electron chi connectivity index (χ1n) is 5.68. The number of nitro benzene ring substituents is 1. The molecule has 5 nitrogen and oxygen atoms in total. The van der Waals surface area contributed by atoms with E-state index in [4.69, 9.17) is 0 Å². The number of piperidine rings is 1. The second-order valence-corrected chi connectivity index (χ2v) is 5.08. The van der Waals surface area contributed by atoms with Gasteiger partial charge in [-0.05, 0) is 41.4 Å². The summed E-state index contributed by atoms with van der Waals surface area (Å²) in [6.07, 6.45) is 1.97. The molecule has 0 radical (unpaired) electrons. The smallest absolute Gasteiger partial charge is 0.295 e. The highest BCUT2D eigenvalue weighted by molar-refractivity contribution is 9.10. The fraction of sp³-hybridized carbons (Fsp3) is 0.455. The van der Waals surface area contributed by atoms with Gasteiger partial charge in [0.2, 0.25) is 0 Å². The summed E-state index contributed by atoms with van der Waals surface area (Å²) in [4.78, 5) is 10.3. The molecule has 18 heavy (non-hydrogen) atoms. The van der Waals surface area contributed by atoms with E-state index in [0.717, 1.165) is 32.0 Å². The Labute approximate surface area is 112 Å². The number of halogens is 2. The SMILES string of the molecule is O=[N+]([O-])c1cc(F)c(Br)cc1NC1CCCNC1. The van der Waals surface area contributed by atoms with Gasteiger partial charge in [-0.15, -0.1) is 0 Å². The summed E-state index contributed by atoms with van der Waals surface area (Å²) < 4.78 is 13.5. The van der Waals surface area contributed by atoms with E-state index < -0.39 is 10.7 Å². The van der Waals surface area contributed by atoms with Crippen LogP contribution in [0.2, 0.25) is 0 Å². The Kier molecular flexibility index (Phi) is 4.13. The van der Waals surface area contributed by atoms with Gasteiger partial charge in [-0.3, -0.25) is 10.1 Å². The van der Waals surface area contributed by atoms with Crippen LogP contribution in [0.4, 0.5) is 15.8 Å². The maximum absolute atomic E-state index is 13.3. The molecule has 1 aliphatic heterocycles. The highest BCUT2D eigenvalue weighted by Crippen LogP contribution is 2.31. The molecule has 0 bridgehead atoms. The first-order chi connectivity index (χ1) is 8.58. The molecule has 1 unspecified atom stereocenters. The molecule has 1 aliphatic rings. The zero-order valence-electron chi connectivity index (χ0n) is 9.58. The zero-order chi connectivity index (χ0) is 13.1. The summed E-state index contributed by atoms with van der Waals surface area (Å²) in [7, 11) is 0. The van der Waals surface area contributed by atoms with Crippen molar-refractivity contribution in [1.82, 2.24) is 5.32 Å². The van der Waals surface area contributed by atoms with Gasteiger partial charge in [0.15, 0.2) is 0 Å². The van der Waals surface area contributed by atoms with Crippen molar-refractivity contribution in [1.29, 1.82) is 0 Å². The van der Waals surface area contributed by atoms with E-state index in [9.17, 15) is 14.5 Å². The van der Waals surface area contributed by atoms with Crippen LogP contribution in [-0.4, -0.2) is 24.1 Å². The van der Waals surface area contributed by atoms with Gasteiger partial charge >= 0.3 is 0 Å². The predicted octanol–water partition coefficient (Wildman–Crippen LogP) is 2.66. The van der Waals surface area contributed by atoms with Crippen LogP contribution in [0.3, 0.4) is 0 Å². The number of hydrogen-bond acceptors (Lipinski definition) is 4. The quantitative estimate of drug-likeness (QED) is 0.664. The molecule has 1 saturated heterocycles. The summed E-state index contributed by atoms with van der Waals surface area (Å²) in [5.74, 6) is -0.631. The van der Waals surface area contributed by atoms with Gasteiger partial charge < -0.3 is 10.6 Å². The summed E-state index contributed by atoms with van der Waals surface area (Å²) >= 11 is 3.04. The van der Waals surface area contributed by atoms with Crippen LogP contribution in [0.25, 0.3) is 0 Å². The fourth-order valence-electron chi connectivity index (χ4n) is 2.00. The van der Waals surface area contributed by atoms with E-state index in [-0.39, 0.29) is 16.2 Å². The van der Waals surface area contributed by atoms with Gasteiger partial charge in [-0.1, -0.05) is 0 Å². The molecule has 7 heteroatoms. The van der Waals surface area contributed by atoms with E-state index in [1.54, 1.807) is 0 Å². The Bertz CT molecular complexity index is 464. The molecule has 98 valence electrons. The van der Waals surface area contributed by atoms with Crippen LogP contribution in [0, 0.1) is 15.9 Å². The van der Waals surface area contributed by atoms with Crippen LogP contribution in [0.1, 0.15) is 12.8 Å². The summed E-state index contributed by atoms with van der Waals surface area (Å²) in [6, 6.07) is 2.49. The van der Waals surface area contributed by atoms with Gasteiger partial charge in [0.25, 0.3) is 5.69 Å². The topological polar surface area (TPSA) is 67.2 Å². The molecule has 2 N–H and O–H groups in total. The van der Waals surface area contributed by atoms with Gasteiger partial charge in [0.05, 0.1) is 15.5 Å². The number of nitrogens with zero attached hydrogens (tertiary/aromatic N) is 1. The van der Waals surface area contributed by atoms with E-state index in [2.05, 4.69) is 26.6 Å². The van der Waals surface area contributed by atoms with Crippen LogP contribution in [-0.2, 0) is 0 Å². The highest BCUT2D eigenvalue weighted by atomic mass is 79.9. The first-order valence-corrected chi connectivity index (χ1v) is 6.48. The molecule has 1 atom stereocenters. The number of nitrogens with one attached hydrogen (secondary N) is 2. The van der Waals surface area contributed by atoms with Crippen LogP contribution in [0.5, 0.6) is 0 Å². The highest BCUT2D eigenvalue weighted by Gasteiger charge is 2.21. The van der Waals surface area contributed by atoms with Crippen molar-refractivity contribution < 1.29 is 9.31 Å². The number of benzene rings is 1. The average molecular weight is 318 g/mol. The number of rotatable bonds is 3. The molecule has 0 amide bonds. The molecule has 0 aliphatic carbocycles.